The van der Waals surface area contributed by atoms with Crippen molar-refractivity contribution in [2.45, 2.75) is 43.8 Å². The number of H-pyrrole nitrogens is 1. The Hall–Kier alpha value is -3.48. The summed E-state index contributed by atoms with van der Waals surface area (Å²) in [6.45, 7) is -1.01. The van der Waals surface area contributed by atoms with E-state index < -0.39 is 55.0 Å². The third-order valence-corrected chi connectivity index (χ3v) is 5.26. The van der Waals surface area contributed by atoms with Gasteiger partial charge >= 0.3 is 5.97 Å². The van der Waals surface area contributed by atoms with E-state index >= 15 is 0 Å². The van der Waals surface area contributed by atoms with Gasteiger partial charge < -0.3 is 42.6 Å². The van der Waals surface area contributed by atoms with E-state index in [-0.39, 0.29) is 12.8 Å². The second kappa shape index (κ2) is 13.3. The highest BCUT2D eigenvalue weighted by molar-refractivity contribution is 5.94. The molecule has 10 N–H and O–H groups in total. The molecule has 2 rings (SSSR count). The number of aromatic nitrogens is 1. The van der Waals surface area contributed by atoms with Crippen molar-refractivity contribution < 1.29 is 29.4 Å². The molecule has 186 valence electrons. The van der Waals surface area contributed by atoms with E-state index in [1.165, 1.54) is 0 Å². The summed E-state index contributed by atoms with van der Waals surface area (Å²) < 4.78 is 0. The maximum absolute atomic E-state index is 12.8. The molecule has 0 saturated heterocycles. The number of carboxylic acids is 1. The highest BCUT2D eigenvalue weighted by Crippen LogP contribution is 2.18. The Labute approximate surface area is 196 Å². The number of amides is 3. The van der Waals surface area contributed by atoms with Crippen molar-refractivity contribution >= 4 is 34.6 Å². The number of carbonyl (C=O) groups is 4. The van der Waals surface area contributed by atoms with E-state index in [1.807, 2.05) is 24.3 Å². The monoisotopic (exact) mass is 476 g/mol. The van der Waals surface area contributed by atoms with E-state index in [9.17, 15) is 24.3 Å². The number of hydrogen-bond acceptors (Lipinski definition) is 7. The van der Waals surface area contributed by atoms with Crippen LogP contribution in [0.3, 0.4) is 0 Å². The van der Waals surface area contributed by atoms with E-state index in [1.54, 1.807) is 6.20 Å². The fraction of sp³-hybridized carbons (Fsp3) is 0.455. The summed E-state index contributed by atoms with van der Waals surface area (Å²) in [6.07, 6.45) is 3.41. The van der Waals surface area contributed by atoms with Crippen molar-refractivity contribution in [3.63, 3.8) is 0 Å². The van der Waals surface area contributed by atoms with Crippen molar-refractivity contribution in [2.75, 3.05) is 19.7 Å². The van der Waals surface area contributed by atoms with Crippen molar-refractivity contribution in [1.82, 2.24) is 20.9 Å². The number of aliphatic hydroxyl groups excluding tert-OH is 1. The summed E-state index contributed by atoms with van der Waals surface area (Å²) in [7, 11) is 0. The van der Waals surface area contributed by atoms with Gasteiger partial charge in [0.2, 0.25) is 17.7 Å². The number of para-hydroxylation sites is 1. The molecule has 0 spiro atoms. The highest BCUT2D eigenvalue weighted by Gasteiger charge is 2.28. The van der Waals surface area contributed by atoms with Crippen LogP contribution in [0.2, 0.25) is 0 Å². The quantitative estimate of drug-likeness (QED) is 0.147. The third kappa shape index (κ3) is 7.83. The van der Waals surface area contributed by atoms with Gasteiger partial charge in [-0.1, -0.05) is 18.2 Å². The Balaban J connectivity index is 2.03. The molecule has 12 nitrogen and oxygen atoms in total. The van der Waals surface area contributed by atoms with Gasteiger partial charge in [-0.2, -0.15) is 0 Å². The Kier molecular flexibility index (Phi) is 10.5. The van der Waals surface area contributed by atoms with Gasteiger partial charge in [0.1, 0.15) is 18.6 Å². The van der Waals surface area contributed by atoms with Crippen molar-refractivity contribution in [3.05, 3.63) is 36.0 Å². The molecular weight excluding hydrogens is 444 g/mol. The number of unbranched alkanes of at least 4 members (excludes halogenated alkanes) is 1. The molecule has 1 aromatic carbocycles. The van der Waals surface area contributed by atoms with Crippen LogP contribution in [0.25, 0.3) is 10.9 Å². The summed E-state index contributed by atoms with van der Waals surface area (Å²) in [5.41, 5.74) is 13.4. The number of nitrogens with two attached hydrogens (primary N) is 2. The first-order valence-corrected chi connectivity index (χ1v) is 11.0. The molecule has 0 bridgehead atoms. The number of aromatic amines is 1. The Morgan fingerprint density at radius 1 is 1.00 bits per heavy atom. The average molecular weight is 477 g/mol. The van der Waals surface area contributed by atoms with Crippen LogP contribution in [0.4, 0.5) is 0 Å². The maximum atomic E-state index is 12.8. The summed E-state index contributed by atoms with van der Waals surface area (Å²) in [5.74, 6) is -3.38. The number of rotatable bonds is 14. The summed E-state index contributed by atoms with van der Waals surface area (Å²) in [4.78, 5) is 51.3. The molecule has 12 heteroatoms. The van der Waals surface area contributed by atoms with Gasteiger partial charge in [0, 0.05) is 17.1 Å². The molecule has 3 atom stereocenters. The number of hydrogen-bond donors (Lipinski definition) is 8. The van der Waals surface area contributed by atoms with Gasteiger partial charge in [-0.25, -0.2) is 0 Å². The third-order valence-electron chi connectivity index (χ3n) is 5.26. The molecule has 0 aliphatic heterocycles. The van der Waals surface area contributed by atoms with Gasteiger partial charge in [-0.3, -0.25) is 19.2 Å². The molecule has 1 heterocycles. The second-order valence-corrected chi connectivity index (χ2v) is 7.87. The van der Waals surface area contributed by atoms with E-state index in [2.05, 4.69) is 20.9 Å². The van der Waals surface area contributed by atoms with E-state index in [4.69, 9.17) is 16.6 Å². The number of carbonyl (C=O) groups excluding carboxylic acids is 3. The molecule has 0 fully saturated rings. The molecule has 3 amide bonds. The Bertz CT molecular complexity index is 993. The Morgan fingerprint density at radius 2 is 1.71 bits per heavy atom. The standard InChI is InChI=1S/C22H32N6O6/c23-8-4-3-7-17(22(34)28-18(12-29)21(33)26-11-19(30)31)27-20(32)15(24)9-13-10-25-16-6-2-1-5-14(13)16/h1-2,5-6,10,15,17-18,25,29H,3-4,7-9,11-12,23-24H2,(H,26,33)(H,27,32)(H,28,34)(H,30,31). The molecule has 0 aliphatic rings. The Morgan fingerprint density at radius 3 is 2.38 bits per heavy atom. The number of aliphatic carboxylic acids is 1. The van der Waals surface area contributed by atoms with Gasteiger partial charge in [0.05, 0.1) is 12.6 Å². The molecule has 3 unspecified atom stereocenters. The lowest BCUT2D eigenvalue weighted by molar-refractivity contribution is -0.139. The minimum Gasteiger partial charge on any atom is -0.480 e. The number of nitrogens with one attached hydrogen (secondary N) is 4. The number of benzene rings is 1. The fourth-order valence-corrected chi connectivity index (χ4v) is 3.42. The number of aliphatic hydroxyl groups is 1. The first-order chi connectivity index (χ1) is 16.3. The zero-order valence-electron chi connectivity index (χ0n) is 18.8. The molecule has 2 aromatic rings. The zero-order chi connectivity index (χ0) is 25.1. The topological polar surface area (TPSA) is 213 Å². The highest BCUT2D eigenvalue weighted by atomic mass is 16.4. The van der Waals surface area contributed by atoms with E-state index in [0.29, 0.717) is 19.4 Å². The predicted octanol–water partition coefficient (Wildman–Crippen LogP) is -1.67. The zero-order valence-corrected chi connectivity index (χ0v) is 18.8. The first-order valence-electron chi connectivity index (χ1n) is 11.0. The largest absolute Gasteiger partial charge is 0.480 e. The summed E-state index contributed by atoms with van der Waals surface area (Å²) >= 11 is 0. The predicted molar refractivity (Wildman–Crippen MR) is 124 cm³/mol. The summed E-state index contributed by atoms with van der Waals surface area (Å²) in [5, 5.41) is 26.1. The van der Waals surface area contributed by atoms with Crippen LogP contribution in [0.1, 0.15) is 24.8 Å². The van der Waals surface area contributed by atoms with Gasteiger partial charge in [-0.15, -0.1) is 0 Å². The van der Waals surface area contributed by atoms with Crippen LogP contribution in [0, 0.1) is 0 Å². The average Bonchev–Trinajstić information content (AvgIpc) is 3.22. The fourth-order valence-electron chi connectivity index (χ4n) is 3.42. The van der Waals surface area contributed by atoms with Crippen LogP contribution in [0.15, 0.2) is 30.5 Å². The minimum absolute atomic E-state index is 0.240. The van der Waals surface area contributed by atoms with Gasteiger partial charge in [-0.05, 0) is 43.9 Å². The normalized spacial score (nSPS) is 13.6. The first kappa shape index (κ1) is 26.8. The smallest absolute Gasteiger partial charge is 0.322 e. The van der Waals surface area contributed by atoms with Crippen molar-refractivity contribution in [3.8, 4) is 0 Å². The molecular formula is C22H32N6O6. The number of fused-ring (bicyclic) bond motifs is 1. The maximum Gasteiger partial charge on any atom is 0.322 e. The molecule has 0 saturated carbocycles. The molecule has 1 aromatic heterocycles. The minimum atomic E-state index is -1.37. The van der Waals surface area contributed by atoms with Crippen LogP contribution >= 0.6 is 0 Å². The van der Waals surface area contributed by atoms with Crippen LogP contribution < -0.4 is 27.4 Å². The van der Waals surface area contributed by atoms with Crippen molar-refractivity contribution in [2.24, 2.45) is 11.5 Å². The number of carboxylic acid groups (broad SMARTS) is 1. The van der Waals surface area contributed by atoms with Crippen molar-refractivity contribution in [1.29, 1.82) is 0 Å². The SMILES string of the molecule is NCCCCC(NC(=O)C(N)Cc1c[nH]c2ccccc12)C(=O)NC(CO)C(=O)NCC(=O)O. The van der Waals surface area contributed by atoms with Gasteiger partial charge in [0.25, 0.3) is 0 Å². The summed E-state index contributed by atoms with van der Waals surface area (Å²) in [6, 6.07) is 4.27. The molecule has 34 heavy (non-hydrogen) atoms. The molecule has 0 aliphatic carbocycles. The lowest BCUT2D eigenvalue weighted by atomic mass is 10.0. The lowest BCUT2D eigenvalue weighted by Crippen LogP contribution is -2.57. The lowest BCUT2D eigenvalue weighted by Gasteiger charge is -2.23. The molecule has 0 radical (unpaired) electrons. The second-order valence-electron chi connectivity index (χ2n) is 7.87. The van der Waals surface area contributed by atoms with Crippen LogP contribution in [-0.4, -0.2) is 76.7 Å². The van der Waals surface area contributed by atoms with E-state index in [0.717, 1.165) is 16.5 Å². The van der Waals surface area contributed by atoms with Gasteiger partial charge in [0.15, 0.2) is 0 Å². The van der Waals surface area contributed by atoms with Crippen LogP contribution in [-0.2, 0) is 25.6 Å². The van der Waals surface area contributed by atoms with Crippen LogP contribution in [0.5, 0.6) is 0 Å².